The molecule has 2 rings (SSSR count). The van der Waals surface area contributed by atoms with Crippen molar-refractivity contribution < 1.29 is 9.18 Å². The van der Waals surface area contributed by atoms with Gasteiger partial charge in [0.2, 0.25) is 11.0 Å². The molecule has 1 aromatic heterocycles. The highest BCUT2D eigenvalue weighted by atomic mass is 32.1. The van der Waals surface area contributed by atoms with Crippen molar-refractivity contribution in [1.82, 2.24) is 10.2 Å². The van der Waals surface area contributed by atoms with Crippen LogP contribution in [0.1, 0.15) is 17.5 Å². The molecule has 7 heteroatoms. The molecule has 0 saturated heterocycles. The minimum atomic E-state index is -0.601. The first kappa shape index (κ1) is 13.6. The van der Waals surface area contributed by atoms with Crippen molar-refractivity contribution in [2.75, 3.05) is 5.32 Å². The van der Waals surface area contributed by atoms with Crippen molar-refractivity contribution in [3.63, 3.8) is 0 Å². The Hall–Kier alpha value is -1.86. The number of nitrogens with one attached hydrogen (secondary N) is 1. The minimum absolute atomic E-state index is 0.285. The third-order valence-corrected chi connectivity index (χ3v) is 3.19. The van der Waals surface area contributed by atoms with Crippen LogP contribution in [0.15, 0.2) is 24.3 Å². The lowest BCUT2D eigenvalue weighted by molar-refractivity contribution is -0.117. The smallest absolute Gasteiger partial charge is 0.242 e. The maximum absolute atomic E-state index is 13.0. The quantitative estimate of drug-likeness (QED) is 0.890. The number of anilines is 1. The molecule has 0 aliphatic carbocycles. The lowest BCUT2D eigenvalue weighted by Crippen LogP contribution is -2.32. The zero-order valence-corrected chi connectivity index (χ0v) is 11.1. The van der Waals surface area contributed by atoms with E-state index >= 15 is 0 Å². The van der Waals surface area contributed by atoms with Crippen molar-refractivity contribution in [3.05, 3.63) is 40.7 Å². The van der Waals surface area contributed by atoms with Gasteiger partial charge < -0.3 is 5.73 Å². The Balaban J connectivity index is 2.03. The third-order valence-electron chi connectivity index (χ3n) is 2.35. The number of nitrogens with zero attached hydrogens (tertiary/aromatic N) is 2. The first-order chi connectivity index (χ1) is 9.04. The Labute approximate surface area is 113 Å². The van der Waals surface area contributed by atoms with Gasteiger partial charge >= 0.3 is 0 Å². The maximum Gasteiger partial charge on any atom is 0.242 e. The van der Waals surface area contributed by atoms with Crippen LogP contribution in [0, 0.1) is 5.82 Å². The van der Waals surface area contributed by atoms with Gasteiger partial charge in [-0.25, -0.2) is 4.39 Å². The van der Waals surface area contributed by atoms with Gasteiger partial charge in [-0.05, 0) is 24.6 Å². The van der Waals surface area contributed by atoms with Crippen LogP contribution in [-0.2, 0) is 11.2 Å². The normalized spacial score (nSPS) is 12.2. The van der Waals surface area contributed by atoms with Crippen LogP contribution in [-0.4, -0.2) is 22.1 Å². The molecule has 1 amide bonds. The van der Waals surface area contributed by atoms with E-state index in [1.165, 1.54) is 23.5 Å². The minimum Gasteiger partial charge on any atom is -0.320 e. The van der Waals surface area contributed by atoms with Crippen molar-refractivity contribution >= 4 is 22.4 Å². The largest absolute Gasteiger partial charge is 0.320 e. The highest BCUT2D eigenvalue weighted by Crippen LogP contribution is 2.19. The molecule has 0 saturated carbocycles. The fourth-order valence-electron chi connectivity index (χ4n) is 1.42. The van der Waals surface area contributed by atoms with Gasteiger partial charge in [-0.15, -0.1) is 10.2 Å². The Morgan fingerprint density at radius 3 is 3.00 bits per heavy atom. The summed E-state index contributed by atoms with van der Waals surface area (Å²) < 4.78 is 13.0. The van der Waals surface area contributed by atoms with Gasteiger partial charge in [0, 0.05) is 6.42 Å². The van der Waals surface area contributed by atoms with Crippen molar-refractivity contribution in [1.29, 1.82) is 0 Å². The second kappa shape index (κ2) is 5.85. The molecule has 2 aromatic rings. The number of benzene rings is 1. The van der Waals surface area contributed by atoms with Crippen LogP contribution in [0.2, 0.25) is 0 Å². The molecule has 1 atom stereocenters. The number of carbonyl (C=O) groups is 1. The predicted molar refractivity (Wildman–Crippen MR) is 71.4 cm³/mol. The standard InChI is InChI=1S/C12H13FN4OS/c1-7(14)11(18)15-12-17-16-10(19-12)6-8-3-2-4-9(13)5-8/h2-5,7H,6,14H2,1H3,(H,15,17,18). The molecule has 1 unspecified atom stereocenters. The molecule has 5 nitrogen and oxygen atoms in total. The highest BCUT2D eigenvalue weighted by molar-refractivity contribution is 7.15. The van der Waals surface area contributed by atoms with Crippen LogP contribution >= 0.6 is 11.3 Å². The molecule has 100 valence electrons. The van der Waals surface area contributed by atoms with E-state index in [1.54, 1.807) is 13.0 Å². The predicted octanol–water partition coefficient (Wildman–Crippen LogP) is 1.55. The van der Waals surface area contributed by atoms with E-state index in [1.807, 2.05) is 6.07 Å². The van der Waals surface area contributed by atoms with Crippen LogP contribution in [0.5, 0.6) is 0 Å². The Morgan fingerprint density at radius 1 is 1.53 bits per heavy atom. The summed E-state index contributed by atoms with van der Waals surface area (Å²) in [6.07, 6.45) is 0.476. The van der Waals surface area contributed by atoms with Crippen molar-refractivity contribution in [3.8, 4) is 0 Å². The maximum atomic E-state index is 13.0. The average Bonchev–Trinajstić information content (AvgIpc) is 2.76. The van der Waals surface area contributed by atoms with Crippen LogP contribution in [0.25, 0.3) is 0 Å². The molecule has 19 heavy (non-hydrogen) atoms. The summed E-state index contributed by atoms with van der Waals surface area (Å²) >= 11 is 1.25. The number of amides is 1. The summed E-state index contributed by atoms with van der Waals surface area (Å²) in [4.78, 5) is 11.4. The van der Waals surface area contributed by atoms with Crippen LogP contribution in [0.3, 0.4) is 0 Å². The van der Waals surface area contributed by atoms with Gasteiger partial charge in [0.05, 0.1) is 6.04 Å². The monoisotopic (exact) mass is 280 g/mol. The van der Waals surface area contributed by atoms with Crippen molar-refractivity contribution in [2.24, 2.45) is 5.73 Å². The fourth-order valence-corrected chi connectivity index (χ4v) is 2.19. The molecular weight excluding hydrogens is 267 g/mol. The third kappa shape index (κ3) is 3.80. The van der Waals surface area contributed by atoms with Gasteiger partial charge in [0.25, 0.3) is 0 Å². The van der Waals surface area contributed by atoms with E-state index < -0.39 is 6.04 Å². The summed E-state index contributed by atoms with van der Waals surface area (Å²) in [6, 6.07) is 5.69. The van der Waals surface area contributed by atoms with E-state index in [2.05, 4.69) is 15.5 Å². The molecule has 0 aliphatic heterocycles. The van der Waals surface area contributed by atoms with E-state index in [9.17, 15) is 9.18 Å². The molecule has 1 heterocycles. The second-order valence-electron chi connectivity index (χ2n) is 4.09. The van der Waals surface area contributed by atoms with E-state index in [4.69, 9.17) is 5.73 Å². The first-order valence-corrected chi connectivity index (χ1v) is 6.49. The SMILES string of the molecule is CC(N)C(=O)Nc1nnc(Cc2cccc(F)c2)s1. The lowest BCUT2D eigenvalue weighted by atomic mass is 10.1. The van der Waals surface area contributed by atoms with Gasteiger partial charge in [-0.3, -0.25) is 10.1 Å². The number of aromatic nitrogens is 2. The molecule has 0 spiro atoms. The molecule has 0 fully saturated rings. The fraction of sp³-hybridized carbons (Fsp3) is 0.250. The summed E-state index contributed by atoms with van der Waals surface area (Å²) in [7, 11) is 0. The molecule has 0 aliphatic rings. The second-order valence-corrected chi connectivity index (χ2v) is 5.15. The summed E-state index contributed by atoms with van der Waals surface area (Å²) in [6.45, 7) is 1.59. The van der Waals surface area contributed by atoms with Crippen molar-refractivity contribution in [2.45, 2.75) is 19.4 Å². The number of hydrogen-bond donors (Lipinski definition) is 2. The Bertz CT molecular complexity index is 585. The van der Waals surface area contributed by atoms with Gasteiger partial charge in [-0.1, -0.05) is 23.5 Å². The topological polar surface area (TPSA) is 80.9 Å². The summed E-state index contributed by atoms with van der Waals surface area (Å²) in [5, 5.41) is 11.5. The zero-order chi connectivity index (χ0) is 13.8. The van der Waals surface area contributed by atoms with Gasteiger partial charge in [-0.2, -0.15) is 0 Å². The van der Waals surface area contributed by atoms with Crippen LogP contribution in [0.4, 0.5) is 9.52 Å². The molecule has 0 radical (unpaired) electrons. The Kier molecular flexibility index (Phi) is 4.18. The summed E-state index contributed by atoms with van der Waals surface area (Å²) in [5.74, 6) is -0.596. The lowest BCUT2D eigenvalue weighted by Gasteiger charge is -2.02. The Morgan fingerprint density at radius 2 is 2.32 bits per heavy atom. The van der Waals surface area contributed by atoms with Gasteiger partial charge in [0.1, 0.15) is 10.8 Å². The average molecular weight is 280 g/mol. The van der Waals surface area contributed by atoms with Gasteiger partial charge in [0.15, 0.2) is 0 Å². The number of rotatable bonds is 4. The zero-order valence-electron chi connectivity index (χ0n) is 10.3. The molecule has 3 N–H and O–H groups in total. The van der Waals surface area contributed by atoms with E-state index in [0.717, 1.165) is 5.56 Å². The highest BCUT2D eigenvalue weighted by Gasteiger charge is 2.11. The van der Waals surface area contributed by atoms with E-state index in [-0.39, 0.29) is 11.7 Å². The molecular formula is C12H13FN4OS. The first-order valence-electron chi connectivity index (χ1n) is 5.68. The number of carbonyl (C=O) groups excluding carboxylic acids is 1. The van der Waals surface area contributed by atoms with Crippen LogP contribution < -0.4 is 11.1 Å². The van der Waals surface area contributed by atoms with E-state index in [0.29, 0.717) is 16.6 Å². The number of nitrogens with two attached hydrogens (primary N) is 1. The number of halogens is 1. The number of hydrogen-bond acceptors (Lipinski definition) is 5. The summed E-state index contributed by atoms with van der Waals surface area (Å²) in [5.41, 5.74) is 6.24. The molecule has 1 aromatic carbocycles. The molecule has 0 bridgehead atoms.